The molecule has 154 valence electrons. The Labute approximate surface area is 169 Å². The lowest BCUT2D eigenvalue weighted by atomic mass is 10.1. The number of amides is 1. The van der Waals surface area contributed by atoms with Crippen LogP contribution in [0.15, 0.2) is 48.5 Å². The van der Waals surface area contributed by atoms with Crippen LogP contribution in [-0.4, -0.2) is 27.8 Å². The highest BCUT2D eigenvalue weighted by Crippen LogP contribution is 2.37. The van der Waals surface area contributed by atoms with Gasteiger partial charge in [0.05, 0.1) is 18.0 Å². The van der Waals surface area contributed by atoms with Crippen molar-refractivity contribution in [3.8, 4) is 5.75 Å². The van der Waals surface area contributed by atoms with Gasteiger partial charge in [0, 0.05) is 11.1 Å². The number of carbonyl (C=O) groups excluding carboxylic acids is 1. The zero-order chi connectivity index (χ0) is 21.5. The maximum absolute atomic E-state index is 13.7. The van der Waals surface area contributed by atoms with Crippen molar-refractivity contribution < 1.29 is 22.7 Å². The van der Waals surface area contributed by atoms with E-state index in [0.717, 1.165) is 4.68 Å². The number of hydrogen-bond acceptors (Lipinski definition) is 4. The van der Waals surface area contributed by atoms with Gasteiger partial charge >= 0.3 is 6.18 Å². The van der Waals surface area contributed by atoms with E-state index in [2.05, 4.69) is 15.4 Å². The van der Waals surface area contributed by atoms with Crippen molar-refractivity contribution in [2.75, 3.05) is 12.4 Å². The molecule has 0 radical (unpaired) electrons. The van der Waals surface area contributed by atoms with E-state index < -0.39 is 24.3 Å². The number of aryl methyl sites for hydroxylation is 1. The number of nitrogens with zero attached hydrogens (tertiary/aromatic N) is 3. The number of fused-ring (bicyclic) bond motifs is 2. The molecule has 0 aliphatic heterocycles. The first kappa shape index (κ1) is 19.7. The van der Waals surface area contributed by atoms with Crippen LogP contribution in [0.25, 0.3) is 21.9 Å². The van der Waals surface area contributed by atoms with Crippen LogP contribution >= 0.6 is 0 Å². The SMILES string of the molecule is COc1ccc(NC(=O)Cn2nc(C(F)(F)F)c3c(C)c4ccccc4nc32)cc1. The number of nitrogens with one attached hydrogen (secondary N) is 1. The van der Waals surface area contributed by atoms with Crippen LogP contribution < -0.4 is 10.1 Å². The number of hydrogen-bond donors (Lipinski definition) is 1. The molecule has 9 heteroatoms. The number of methoxy groups -OCH3 is 1. The highest BCUT2D eigenvalue weighted by atomic mass is 19.4. The number of aromatic nitrogens is 3. The minimum absolute atomic E-state index is 0.0170. The van der Waals surface area contributed by atoms with E-state index >= 15 is 0 Å². The third-order valence-electron chi connectivity index (χ3n) is 4.77. The monoisotopic (exact) mass is 414 g/mol. The molecule has 0 spiro atoms. The largest absolute Gasteiger partial charge is 0.497 e. The van der Waals surface area contributed by atoms with Gasteiger partial charge in [0.25, 0.3) is 0 Å². The van der Waals surface area contributed by atoms with Gasteiger partial charge in [-0.25, -0.2) is 9.67 Å². The summed E-state index contributed by atoms with van der Waals surface area (Å²) < 4.78 is 47.0. The van der Waals surface area contributed by atoms with Gasteiger partial charge in [0.1, 0.15) is 12.3 Å². The fourth-order valence-electron chi connectivity index (χ4n) is 3.37. The van der Waals surface area contributed by atoms with E-state index in [1.165, 1.54) is 7.11 Å². The quantitative estimate of drug-likeness (QED) is 0.532. The van der Waals surface area contributed by atoms with Crippen molar-refractivity contribution in [3.63, 3.8) is 0 Å². The van der Waals surface area contributed by atoms with Crippen molar-refractivity contribution in [1.29, 1.82) is 0 Å². The third kappa shape index (κ3) is 3.54. The molecule has 0 fully saturated rings. The number of halogens is 3. The van der Waals surface area contributed by atoms with Crippen molar-refractivity contribution in [2.24, 2.45) is 0 Å². The van der Waals surface area contributed by atoms with Crippen LogP contribution in [0.3, 0.4) is 0 Å². The van der Waals surface area contributed by atoms with Gasteiger partial charge < -0.3 is 10.1 Å². The molecular weight excluding hydrogens is 397 g/mol. The molecule has 0 bridgehead atoms. The zero-order valence-electron chi connectivity index (χ0n) is 16.1. The first-order valence-corrected chi connectivity index (χ1v) is 9.05. The first-order chi connectivity index (χ1) is 14.3. The van der Waals surface area contributed by atoms with Crippen molar-refractivity contribution in [1.82, 2.24) is 14.8 Å². The average Bonchev–Trinajstić information content (AvgIpc) is 3.07. The van der Waals surface area contributed by atoms with Crippen molar-refractivity contribution in [2.45, 2.75) is 19.6 Å². The molecule has 0 saturated carbocycles. The Bertz CT molecular complexity index is 1250. The topological polar surface area (TPSA) is 69.0 Å². The number of carbonyl (C=O) groups is 1. The minimum Gasteiger partial charge on any atom is -0.497 e. The van der Waals surface area contributed by atoms with Gasteiger partial charge in [0.2, 0.25) is 5.91 Å². The normalized spacial score (nSPS) is 11.8. The Balaban J connectivity index is 1.75. The molecule has 2 heterocycles. The summed E-state index contributed by atoms with van der Waals surface area (Å²) in [5.41, 5.74) is 0.412. The number of ether oxygens (including phenoxy) is 1. The smallest absolute Gasteiger partial charge is 0.435 e. The Morgan fingerprint density at radius 3 is 2.50 bits per heavy atom. The number of para-hydroxylation sites is 1. The lowest BCUT2D eigenvalue weighted by Gasteiger charge is -2.08. The molecule has 2 aromatic carbocycles. The average molecular weight is 414 g/mol. The molecule has 0 unspecified atom stereocenters. The summed E-state index contributed by atoms with van der Waals surface area (Å²) in [7, 11) is 1.52. The maximum atomic E-state index is 13.7. The molecule has 6 nitrogen and oxygen atoms in total. The fraction of sp³-hybridized carbons (Fsp3) is 0.190. The van der Waals surface area contributed by atoms with Gasteiger partial charge in [-0.2, -0.15) is 18.3 Å². The van der Waals surface area contributed by atoms with Crippen LogP contribution in [0, 0.1) is 6.92 Å². The van der Waals surface area contributed by atoms with E-state index in [4.69, 9.17) is 4.74 Å². The van der Waals surface area contributed by atoms with E-state index in [0.29, 0.717) is 27.9 Å². The molecule has 0 aliphatic carbocycles. The number of anilines is 1. The van der Waals surface area contributed by atoms with Gasteiger partial charge in [-0.05, 0) is 42.8 Å². The van der Waals surface area contributed by atoms with E-state index in [-0.39, 0.29) is 11.0 Å². The first-order valence-electron chi connectivity index (χ1n) is 9.05. The predicted octanol–water partition coefficient (Wildman–Crippen LogP) is 4.56. The number of pyridine rings is 1. The van der Waals surface area contributed by atoms with Gasteiger partial charge in [0.15, 0.2) is 11.3 Å². The molecule has 0 atom stereocenters. The Hall–Kier alpha value is -3.62. The second-order valence-electron chi connectivity index (χ2n) is 6.73. The summed E-state index contributed by atoms with van der Waals surface area (Å²) >= 11 is 0. The van der Waals surface area contributed by atoms with Crippen LogP contribution in [0.2, 0.25) is 0 Å². The molecule has 0 aliphatic rings. The molecule has 1 amide bonds. The molecular formula is C21H17F3N4O2. The number of benzene rings is 2. The Kier molecular flexibility index (Phi) is 4.81. The molecule has 4 aromatic rings. The zero-order valence-corrected chi connectivity index (χ0v) is 16.1. The standard InChI is InChI=1S/C21H17F3N4O2/c1-12-15-5-3-4-6-16(15)26-20-18(12)19(21(22,23)24)27-28(20)11-17(29)25-13-7-9-14(30-2)10-8-13/h3-10H,11H2,1-2H3,(H,25,29). The third-order valence-corrected chi connectivity index (χ3v) is 4.77. The number of rotatable bonds is 4. The minimum atomic E-state index is -4.68. The van der Waals surface area contributed by atoms with Gasteiger partial charge in [-0.3, -0.25) is 4.79 Å². The van der Waals surface area contributed by atoms with E-state index in [1.807, 2.05) is 0 Å². The maximum Gasteiger partial charge on any atom is 0.435 e. The highest BCUT2D eigenvalue weighted by molar-refractivity contribution is 5.98. The summed E-state index contributed by atoms with van der Waals surface area (Å²) in [5.74, 6) is 0.0957. The molecule has 4 rings (SSSR count). The Morgan fingerprint density at radius 2 is 1.83 bits per heavy atom. The van der Waals surface area contributed by atoms with E-state index in [9.17, 15) is 18.0 Å². The van der Waals surface area contributed by atoms with Crippen LogP contribution in [-0.2, 0) is 17.5 Å². The Morgan fingerprint density at radius 1 is 1.13 bits per heavy atom. The van der Waals surface area contributed by atoms with Crippen molar-refractivity contribution in [3.05, 3.63) is 59.8 Å². The van der Waals surface area contributed by atoms with E-state index in [1.54, 1.807) is 55.5 Å². The molecule has 0 saturated heterocycles. The summed E-state index contributed by atoms with van der Waals surface area (Å²) in [6.07, 6.45) is -4.68. The molecule has 2 aromatic heterocycles. The second-order valence-corrected chi connectivity index (χ2v) is 6.73. The summed E-state index contributed by atoms with van der Waals surface area (Å²) in [4.78, 5) is 16.8. The lowest BCUT2D eigenvalue weighted by molar-refractivity contribution is -0.140. The number of alkyl halides is 3. The van der Waals surface area contributed by atoms with Gasteiger partial charge in [-0.15, -0.1) is 0 Å². The van der Waals surface area contributed by atoms with Crippen molar-refractivity contribution >= 4 is 33.5 Å². The van der Waals surface area contributed by atoms with Crippen LogP contribution in [0.1, 0.15) is 11.3 Å². The fourth-order valence-corrected chi connectivity index (χ4v) is 3.37. The summed E-state index contributed by atoms with van der Waals surface area (Å²) in [6.45, 7) is 1.19. The van der Waals surface area contributed by atoms with Gasteiger partial charge in [-0.1, -0.05) is 18.2 Å². The lowest BCUT2D eigenvalue weighted by Crippen LogP contribution is -2.20. The second kappa shape index (κ2) is 7.33. The predicted molar refractivity (Wildman–Crippen MR) is 106 cm³/mol. The summed E-state index contributed by atoms with van der Waals surface area (Å²) in [6, 6.07) is 13.5. The summed E-state index contributed by atoms with van der Waals surface area (Å²) in [5, 5.41) is 6.85. The highest BCUT2D eigenvalue weighted by Gasteiger charge is 2.38. The van der Waals surface area contributed by atoms with Crippen LogP contribution in [0.4, 0.5) is 18.9 Å². The molecule has 30 heavy (non-hydrogen) atoms. The molecule has 1 N–H and O–H groups in total. The van der Waals surface area contributed by atoms with Crippen LogP contribution in [0.5, 0.6) is 5.75 Å².